The van der Waals surface area contributed by atoms with Crippen LogP contribution in [0.3, 0.4) is 0 Å². The standard InChI is InChI=1S/C22H37N7/c1-20-7-4-9-27(20)10-6-12-29-18-17-28(22(29)21(19-23)24-2)11-5-8-26-15-13-25(3)14-16-26/h20H,4-18H2,1,3H3/b22-21+. The summed E-state index contributed by atoms with van der Waals surface area (Å²) in [6, 6.07) is 2.85. The summed E-state index contributed by atoms with van der Waals surface area (Å²) in [6.07, 6.45) is 4.81. The van der Waals surface area contributed by atoms with Gasteiger partial charge in [0.1, 0.15) is 5.82 Å². The minimum absolute atomic E-state index is 0.261. The van der Waals surface area contributed by atoms with Gasteiger partial charge in [0, 0.05) is 64.9 Å². The van der Waals surface area contributed by atoms with Crippen molar-refractivity contribution < 1.29 is 0 Å². The molecule has 0 amide bonds. The summed E-state index contributed by atoms with van der Waals surface area (Å²) in [5, 5.41) is 9.51. The first-order valence-electron chi connectivity index (χ1n) is 11.3. The van der Waals surface area contributed by atoms with Gasteiger partial charge in [-0.25, -0.2) is 10.1 Å². The Kier molecular flexibility index (Phi) is 8.18. The highest BCUT2D eigenvalue weighted by atomic mass is 15.4. The number of allylic oxidation sites excluding steroid dienone is 1. The average molecular weight is 400 g/mol. The maximum atomic E-state index is 9.51. The van der Waals surface area contributed by atoms with Crippen LogP contribution in [-0.4, -0.2) is 110 Å². The molecule has 3 fully saturated rings. The molecule has 7 nitrogen and oxygen atoms in total. The molecule has 0 spiro atoms. The van der Waals surface area contributed by atoms with Gasteiger partial charge in [0.15, 0.2) is 0 Å². The van der Waals surface area contributed by atoms with Gasteiger partial charge >= 0.3 is 5.70 Å². The molecule has 3 rings (SSSR count). The van der Waals surface area contributed by atoms with Gasteiger partial charge < -0.3 is 24.5 Å². The van der Waals surface area contributed by atoms with E-state index in [4.69, 9.17) is 6.57 Å². The molecule has 1 atom stereocenters. The first kappa shape index (κ1) is 21.9. The van der Waals surface area contributed by atoms with Crippen LogP contribution in [0.5, 0.6) is 0 Å². The maximum Gasteiger partial charge on any atom is 0.300 e. The van der Waals surface area contributed by atoms with Gasteiger partial charge in [-0.15, -0.1) is 0 Å². The molecule has 0 saturated carbocycles. The zero-order valence-corrected chi connectivity index (χ0v) is 18.3. The molecule has 7 heteroatoms. The topological polar surface area (TPSA) is 44.4 Å². The van der Waals surface area contributed by atoms with Crippen LogP contribution in [0.2, 0.25) is 0 Å². The quantitative estimate of drug-likeness (QED) is 0.458. The Morgan fingerprint density at radius 2 is 1.66 bits per heavy atom. The van der Waals surface area contributed by atoms with Crippen molar-refractivity contribution in [1.29, 1.82) is 5.26 Å². The average Bonchev–Trinajstić information content (AvgIpc) is 3.31. The number of nitriles is 1. The highest BCUT2D eigenvalue weighted by molar-refractivity contribution is 5.33. The zero-order valence-electron chi connectivity index (χ0n) is 18.3. The summed E-state index contributed by atoms with van der Waals surface area (Å²) < 4.78 is 0. The smallest absolute Gasteiger partial charge is 0.300 e. The summed E-state index contributed by atoms with van der Waals surface area (Å²) >= 11 is 0. The molecule has 0 aromatic rings. The van der Waals surface area contributed by atoms with E-state index < -0.39 is 0 Å². The second kappa shape index (κ2) is 10.8. The molecule has 160 valence electrons. The third-order valence-electron chi connectivity index (χ3n) is 6.73. The lowest BCUT2D eigenvalue weighted by Gasteiger charge is -2.33. The van der Waals surface area contributed by atoms with Crippen LogP contribution in [0, 0.1) is 17.9 Å². The van der Waals surface area contributed by atoms with E-state index in [0.29, 0.717) is 6.04 Å². The minimum Gasteiger partial charge on any atom is -0.365 e. The zero-order chi connectivity index (χ0) is 20.6. The number of nitrogens with zero attached hydrogens (tertiary/aromatic N) is 7. The minimum atomic E-state index is 0.261. The van der Waals surface area contributed by atoms with Crippen LogP contribution in [0.15, 0.2) is 11.5 Å². The lowest BCUT2D eigenvalue weighted by molar-refractivity contribution is 0.149. The van der Waals surface area contributed by atoms with Gasteiger partial charge in [-0.3, -0.25) is 0 Å². The lowest BCUT2D eigenvalue weighted by atomic mass is 10.2. The Hall–Kier alpha value is -1.80. The first-order chi connectivity index (χ1) is 14.1. The Balaban J connectivity index is 1.50. The van der Waals surface area contributed by atoms with Crippen LogP contribution in [0.4, 0.5) is 0 Å². The van der Waals surface area contributed by atoms with Crippen LogP contribution in [0.1, 0.15) is 32.6 Å². The predicted octanol–water partition coefficient (Wildman–Crippen LogP) is 1.73. The number of hydrogen-bond acceptors (Lipinski definition) is 6. The molecule has 0 N–H and O–H groups in total. The molecule has 29 heavy (non-hydrogen) atoms. The Labute approximate surface area is 176 Å². The fraction of sp³-hybridized carbons (Fsp3) is 0.818. The summed E-state index contributed by atoms with van der Waals surface area (Å²) in [7, 11) is 2.19. The van der Waals surface area contributed by atoms with E-state index in [2.05, 4.69) is 49.4 Å². The van der Waals surface area contributed by atoms with Crippen molar-refractivity contribution in [3.05, 3.63) is 22.9 Å². The van der Waals surface area contributed by atoms with E-state index in [1.807, 2.05) is 0 Å². The van der Waals surface area contributed by atoms with Gasteiger partial charge in [-0.05, 0) is 52.7 Å². The maximum absolute atomic E-state index is 9.51. The van der Waals surface area contributed by atoms with Crippen molar-refractivity contribution in [3.63, 3.8) is 0 Å². The normalized spacial score (nSPS) is 26.0. The van der Waals surface area contributed by atoms with Gasteiger partial charge in [0.2, 0.25) is 0 Å². The molecule has 3 aliphatic heterocycles. The van der Waals surface area contributed by atoms with Crippen LogP contribution < -0.4 is 0 Å². The molecule has 3 saturated heterocycles. The van der Waals surface area contributed by atoms with E-state index in [1.54, 1.807) is 0 Å². The number of rotatable bonds is 8. The molecule has 0 bridgehead atoms. The Morgan fingerprint density at radius 1 is 1.00 bits per heavy atom. The number of likely N-dealkylation sites (tertiary alicyclic amines) is 1. The molecular weight excluding hydrogens is 362 g/mol. The van der Waals surface area contributed by atoms with Crippen molar-refractivity contribution in [3.8, 4) is 6.07 Å². The monoisotopic (exact) mass is 399 g/mol. The largest absolute Gasteiger partial charge is 0.365 e. The fourth-order valence-electron chi connectivity index (χ4n) is 4.86. The predicted molar refractivity (Wildman–Crippen MR) is 116 cm³/mol. The fourth-order valence-corrected chi connectivity index (χ4v) is 4.86. The van der Waals surface area contributed by atoms with Crippen molar-refractivity contribution >= 4 is 0 Å². The van der Waals surface area contributed by atoms with Gasteiger partial charge in [0.25, 0.3) is 0 Å². The van der Waals surface area contributed by atoms with Crippen molar-refractivity contribution in [2.75, 3.05) is 79.0 Å². The molecule has 1 unspecified atom stereocenters. The second-order valence-electron chi connectivity index (χ2n) is 8.75. The third-order valence-corrected chi connectivity index (χ3v) is 6.73. The highest BCUT2D eigenvalue weighted by Crippen LogP contribution is 2.24. The number of hydrogen-bond donors (Lipinski definition) is 0. The molecule has 3 heterocycles. The highest BCUT2D eigenvalue weighted by Gasteiger charge is 2.28. The van der Waals surface area contributed by atoms with E-state index in [0.717, 1.165) is 84.1 Å². The van der Waals surface area contributed by atoms with E-state index in [1.165, 1.54) is 19.4 Å². The van der Waals surface area contributed by atoms with E-state index in [-0.39, 0.29) is 5.70 Å². The number of likely N-dealkylation sites (N-methyl/N-ethyl adjacent to an activating group) is 1. The molecular formula is C22H37N7. The SMILES string of the molecule is [C-]#[N+]/C(C#N)=C1\N(CCCN2CCN(C)CC2)CCN1CCCN1CCCC1C. The lowest BCUT2D eigenvalue weighted by Crippen LogP contribution is -2.45. The molecule has 0 aliphatic carbocycles. The molecule has 0 aromatic carbocycles. The summed E-state index contributed by atoms with van der Waals surface area (Å²) in [5.41, 5.74) is 0.261. The van der Waals surface area contributed by atoms with Crippen LogP contribution >= 0.6 is 0 Å². The van der Waals surface area contributed by atoms with Crippen molar-refractivity contribution in [2.45, 2.75) is 38.6 Å². The van der Waals surface area contributed by atoms with Crippen LogP contribution in [0.25, 0.3) is 4.85 Å². The van der Waals surface area contributed by atoms with Crippen molar-refractivity contribution in [1.82, 2.24) is 24.5 Å². The summed E-state index contributed by atoms with van der Waals surface area (Å²) in [4.78, 5) is 15.6. The summed E-state index contributed by atoms with van der Waals surface area (Å²) in [5.74, 6) is 0.885. The first-order valence-corrected chi connectivity index (χ1v) is 11.3. The Bertz CT molecular complexity index is 623. The second-order valence-corrected chi connectivity index (χ2v) is 8.75. The van der Waals surface area contributed by atoms with Gasteiger partial charge in [-0.2, -0.15) is 0 Å². The van der Waals surface area contributed by atoms with Gasteiger partial charge in [0.05, 0.1) is 12.6 Å². The van der Waals surface area contributed by atoms with E-state index in [9.17, 15) is 5.26 Å². The Morgan fingerprint density at radius 3 is 2.21 bits per heavy atom. The van der Waals surface area contributed by atoms with Gasteiger partial charge in [-0.1, -0.05) is 0 Å². The van der Waals surface area contributed by atoms with E-state index >= 15 is 0 Å². The van der Waals surface area contributed by atoms with Crippen molar-refractivity contribution in [2.24, 2.45) is 0 Å². The molecule has 0 radical (unpaired) electrons. The van der Waals surface area contributed by atoms with Crippen LogP contribution in [-0.2, 0) is 0 Å². The summed E-state index contributed by atoms with van der Waals surface area (Å²) in [6.45, 7) is 21.5. The number of piperazine rings is 1. The molecule has 3 aliphatic rings. The molecule has 0 aromatic heterocycles. The third kappa shape index (κ3) is 5.85.